The van der Waals surface area contributed by atoms with Crippen LogP contribution in [0, 0.1) is 47.3 Å². The van der Waals surface area contributed by atoms with Gasteiger partial charge in [-0.2, -0.15) is 0 Å². The minimum Gasteiger partial charge on any atom is -0.327 e. The SMILES string of the molecule is CCC(C)C(C)CC(N)C1C2CCCC2C2C(C)C12. The molecular formula is C18H33N. The Morgan fingerprint density at radius 3 is 2.42 bits per heavy atom. The maximum atomic E-state index is 6.71. The lowest BCUT2D eigenvalue weighted by molar-refractivity contribution is 0.201. The van der Waals surface area contributed by atoms with Gasteiger partial charge in [-0.3, -0.25) is 0 Å². The quantitative estimate of drug-likeness (QED) is 0.785. The first kappa shape index (κ1) is 13.9. The normalized spacial score (nSPS) is 48.5. The third-order valence-corrected chi connectivity index (χ3v) is 7.33. The molecule has 19 heavy (non-hydrogen) atoms. The van der Waals surface area contributed by atoms with Crippen LogP contribution in [0.15, 0.2) is 0 Å². The monoisotopic (exact) mass is 263 g/mol. The molecule has 2 N–H and O–H groups in total. The van der Waals surface area contributed by atoms with Gasteiger partial charge in [-0.05, 0) is 66.6 Å². The fourth-order valence-corrected chi connectivity index (χ4v) is 5.89. The highest BCUT2D eigenvalue weighted by Gasteiger charge is 2.66. The lowest BCUT2D eigenvalue weighted by Crippen LogP contribution is -2.38. The molecule has 0 radical (unpaired) electrons. The van der Waals surface area contributed by atoms with Gasteiger partial charge >= 0.3 is 0 Å². The Morgan fingerprint density at radius 1 is 1.05 bits per heavy atom. The Balaban J connectivity index is 1.65. The van der Waals surface area contributed by atoms with Crippen molar-refractivity contribution in [2.45, 2.75) is 65.8 Å². The molecule has 0 aliphatic heterocycles. The van der Waals surface area contributed by atoms with Gasteiger partial charge in [-0.25, -0.2) is 0 Å². The summed E-state index contributed by atoms with van der Waals surface area (Å²) in [6.07, 6.45) is 7.04. The Bertz CT molecular complexity index is 326. The lowest BCUT2D eigenvalue weighted by Gasteiger charge is -2.32. The van der Waals surface area contributed by atoms with E-state index in [1.807, 2.05) is 0 Å². The molecule has 1 nitrogen and oxygen atoms in total. The highest BCUT2D eigenvalue weighted by atomic mass is 14.8. The van der Waals surface area contributed by atoms with Crippen molar-refractivity contribution in [1.82, 2.24) is 0 Å². The van der Waals surface area contributed by atoms with Gasteiger partial charge in [0, 0.05) is 6.04 Å². The molecule has 0 saturated heterocycles. The van der Waals surface area contributed by atoms with Crippen molar-refractivity contribution in [2.24, 2.45) is 53.1 Å². The van der Waals surface area contributed by atoms with Crippen molar-refractivity contribution in [3.63, 3.8) is 0 Å². The van der Waals surface area contributed by atoms with Crippen molar-refractivity contribution in [3.8, 4) is 0 Å². The maximum Gasteiger partial charge on any atom is 0.00754 e. The molecule has 3 aliphatic carbocycles. The van der Waals surface area contributed by atoms with Gasteiger partial charge in [0.1, 0.15) is 0 Å². The first-order chi connectivity index (χ1) is 9.06. The van der Waals surface area contributed by atoms with Crippen LogP contribution in [0.25, 0.3) is 0 Å². The van der Waals surface area contributed by atoms with Gasteiger partial charge in [0.05, 0.1) is 0 Å². The van der Waals surface area contributed by atoms with Crippen LogP contribution in [0.2, 0.25) is 0 Å². The van der Waals surface area contributed by atoms with Crippen LogP contribution in [0.5, 0.6) is 0 Å². The number of fused-ring (bicyclic) bond motifs is 3. The molecule has 0 aromatic heterocycles. The van der Waals surface area contributed by atoms with Crippen LogP contribution < -0.4 is 5.73 Å². The van der Waals surface area contributed by atoms with Crippen molar-refractivity contribution in [1.29, 1.82) is 0 Å². The summed E-state index contributed by atoms with van der Waals surface area (Å²) in [5, 5.41) is 0. The predicted molar refractivity (Wildman–Crippen MR) is 81.7 cm³/mol. The zero-order valence-electron chi connectivity index (χ0n) is 13.3. The first-order valence-corrected chi connectivity index (χ1v) is 8.81. The smallest absolute Gasteiger partial charge is 0.00754 e. The minimum absolute atomic E-state index is 0.481. The molecule has 3 aliphatic rings. The molecule has 0 amide bonds. The largest absolute Gasteiger partial charge is 0.327 e. The summed E-state index contributed by atoms with van der Waals surface area (Å²) in [4.78, 5) is 0. The van der Waals surface area contributed by atoms with Gasteiger partial charge in [0.15, 0.2) is 0 Å². The predicted octanol–water partition coefficient (Wildman–Crippen LogP) is 4.31. The van der Waals surface area contributed by atoms with Crippen LogP contribution in [0.1, 0.15) is 59.8 Å². The van der Waals surface area contributed by atoms with E-state index in [1.165, 1.54) is 32.1 Å². The molecule has 0 aromatic rings. The van der Waals surface area contributed by atoms with Crippen LogP contribution in [-0.4, -0.2) is 6.04 Å². The van der Waals surface area contributed by atoms with E-state index in [0.29, 0.717) is 6.04 Å². The standard InChI is InChI=1S/C18H33N/c1-5-10(2)11(3)9-15(19)18-14-8-6-7-13(14)16-12(4)17(16)18/h10-18H,5-9,19H2,1-4H3. The summed E-state index contributed by atoms with van der Waals surface area (Å²) in [7, 11) is 0. The van der Waals surface area contributed by atoms with Crippen molar-refractivity contribution < 1.29 is 0 Å². The Morgan fingerprint density at radius 2 is 1.74 bits per heavy atom. The zero-order chi connectivity index (χ0) is 13.7. The van der Waals surface area contributed by atoms with Gasteiger partial charge in [0.2, 0.25) is 0 Å². The molecule has 0 aromatic carbocycles. The van der Waals surface area contributed by atoms with Gasteiger partial charge in [-0.15, -0.1) is 0 Å². The summed E-state index contributed by atoms with van der Waals surface area (Å²) >= 11 is 0. The van der Waals surface area contributed by atoms with Gasteiger partial charge < -0.3 is 5.73 Å². The third-order valence-electron chi connectivity index (χ3n) is 7.33. The maximum absolute atomic E-state index is 6.71. The van der Waals surface area contributed by atoms with E-state index in [2.05, 4.69) is 27.7 Å². The van der Waals surface area contributed by atoms with E-state index in [1.54, 1.807) is 0 Å². The molecule has 3 fully saturated rings. The summed E-state index contributed by atoms with van der Waals surface area (Å²) < 4.78 is 0. The second kappa shape index (κ2) is 5.06. The Labute approximate surface area is 119 Å². The minimum atomic E-state index is 0.481. The Kier molecular flexibility index (Phi) is 3.71. The summed E-state index contributed by atoms with van der Waals surface area (Å²) in [5.74, 6) is 7.65. The average Bonchev–Trinajstić information content (AvgIpc) is 2.80. The fourth-order valence-electron chi connectivity index (χ4n) is 5.89. The second-order valence-corrected chi connectivity index (χ2v) is 8.11. The summed E-state index contributed by atoms with van der Waals surface area (Å²) in [5.41, 5.74) is 6.71. The van der Waals surface area contributed by atoms with Crippen molar-refractivity contribution in [2.75, 3.05) is 0 Å². The molecule has 0 heterocycles. The number of hydrogen-bond acceptors (Lipinski definition) is 1. The van der Waals surface area contributed by atoms with Gasteiger partial charge in [-0.1, -0.05) is 40.5 Å². The molecular weight excluding hydrogens is 230 g/mol. The fraction of sp³-hybridized carbons (Fsp3) is 1.00. The van der Waals surface area contributed by atoms with Crippen LogP contribution in [0.4, 0.5) is 0 Å². The van der Waals surface area contributed by atoms with E-state index in [0.717, 1.165) is 47.3 Å². The van der Waals surface area contributed by atoms with Crippen LogP contribution in [-0.2, 0) is 0 Å². The number of rotatable bonds is 5. The third kappa shape index (κ3) is 2.17. The molecule has 110 valence electrons. The van der Waals surface area contributed by atoms with Crippen molar-refractivity contribution >= 4 is 0 Å². The molecule has 3 saturated carbocycles. The van der Waals surface area contributed by atoms with Gasteiger partial charge in [0.25, 0.3) is 0 Å². The first-order valence-electron chi connectivity index (χ1n) is 8.81. The van der Waals surface area contributed by atoms with E-state index >= 15 is 0 Å². The molecule has 1 heteroatoms. The molecule has 0 spiro atoms. The highest BCUT2D eigenvalue weighted by Crippen LogP contribution is 2.70. The molecule has 9 atom stereocenters. The second-order valence-electron chi connectivity index (χ2n) is 8.11. The number of nitrogens with two attached hydrogens (primary N) is 1. The summed E-state index contributed by atoms with van der Waals surface area (Å²) in [6, 6.07) is 0.481. The average molecular weight is 263 g/mol. The molecule has 9 unspecified atom stereocenters. The topological polar surface area (TPSA) is 26.0 Å². The Hall–Kier alpha value is -0.0400. The van der Waals surface area contributed by atoms with Crippen molar-refractivity contribution in [3.05, 3.63) is 0 Å². The summed E-state index contributed by atoms with van der Waals surface area (Å²) in [6.45, 7) is 9.62. The molecule has 0 bridgehead atoms. The van der Waals surface area contributed by atoms with Crippen LogP contribution in [0.3, 0.4) is 0 Å². The zero-order valence-corrected chi connectivity index (χ0v) is 13.3. The van der Waals surface area contributed by atoms with E-state index in [9.17, 15) is 0 Å². The van der Waals surface area contributed by atoms with E-state index < -0.39 is 0 Å². The number of hydrogen-bond donors (Lipinski definition) is 1. The molecule has 3 rings (SSSR count). The highest BCUT2D eigenvalue weighted by molar-refractivity contribution is 5.14. The van der Waals surface area contributed by atoms with Crippen LogP contribution >= 0.6 is 0 Å². The van der Waals surface area contributed by atoms with E-state index in [4.69, 9.17) is 5.73 Å². The van der Waals surface area contributed by atoms with E-state index in [-0.39, 0.29) is 0 Å². The lowest BCUT2D eigenvalue weighted by atomic mass is 9.76.